The van der Waals surface area contributed by atoms with Crippen LogP contribution in [0.15, 0.2) is 68.1 Å². The second kappa shape index (κ2) is 4.76. The van der Waals surface area contributed by atoms with Gasteiger partial charge in [0.05, 0.1) is 9.79 Å². The van der Waals surface area contributed by atoms with E-state index in [-0.39, 0.29) is 9.79 Å². The number of rotatable bonds is 2. The molecule has 0 unspecified atom stereocenters. The smallest absolute Gasteiger partial charge is 0.207 e. The minimum atomic E-state index is -3.50. The third kappa shape index (κ3) is 2.51. The van der Waals surface area contributed by atoms with Crippen LogP contribution in [0, 0.1) is 0 Å². The van der Waals surface area contributed by atoms with Gasteiger partial charge in [0, 0.05) is 9.79 Å². The summed E-state index contributed by atoms with van der Waals surface area (Å²) in [5.74, 6) is 0. The molecule has 88 valence electrons. The van der Waals surface area contributed by atoms with Gasteiger partial charge >= 0.3 is 0 Å². The summed E-state index contributed by atoms with van der Waals surface area (Å²) in [5.41, 5.74) is 0. The zero-order valence-electron chi connectivity index (χ0n) is 8.74. The summed E-state index contributed by atoms with van der Waals surface area (Å²) in [5, 5.41) is 0. The van der Waals surface area contributed by atoms with Crippen molar-refractivity contribution in [1.82, 2.24) is 0 Å². The first-order chi connectivity index (χ1) is 8.01. The molecular formula is C12H10O2S3. The van der Waals surface area contributed by atoms with Crippen molar-refractivity contribution in [2.75, 3.05) is 0 Å². The minimum absolute atomic E-state index is 0.199. The number of benzene rings is 2. The maximum absolute atomic E-state index is 12.3. The third-order valence-electron chi connectivity index (χ3n) is 2.29. The molecule has 0 aliphatic heterocycles. The van der Waals surface area contributed by atoms with Crippen LogP contribution >= 0.6 is 25.3 Å². The van der Waals surface area contributed by atoms with E-state index in [2.05, 4.69) is 25.3 Å². The fraction of sp³-hybridized carbons (Fsp3) is 0. The van der Waals surface area contributed by atoms with E-state index in [1.54, 1.807) is 42.5 Å². The SMILES string of the molecule is O=S(=O)(c1ccccc1)c1ccc(S)cc1S. The Morgan fingerprint density at radius 2 is 1.53 bits per heavy atom. The van der Waals surface area contributed by atoms with E-state index in [0.29, 0.717) is 9.79 Å². The number of thiol groups is 2. The van der Waals surface area contributed by atoms with Crippen molar-refractivity contribution in [1.29, 1.82) is 0 Å². The molecule has 0 saturated carbocycles. The largest absolute Gasteiger partial charge is 0.218 e. The second-order valence-corrected chi connectivity index (χ2v) is 6.38. The molecule has 0 radical (unpaired) electrons. The predicted molar refractivity (Wildman–Crippen MR) is 72.8 cm³/mol. The van der Waals surface area contributed by atoms with E-state index in [1.807, 2.05) is 0 Å². The highest BCUT2D eigenvalue weighted by molar-refractivity contribution is 7.92. The van der Waals surface area contributed by atoms with Gasteiger partial charge in [0.1, 0.15) is 0 Å². The summed E-state index contributed by atoms with van der Waals surface area (Å²) in [6.07, 6.45) is 0. The molecule has 2 aromatic rings. The zero-order chi connectivity index (χ0) is 12.5. The van der Waals surface area contributed by atoms with Gasteiger partial charge in [-0.05, 0) is 30.3 Å². The Bertz CT molecular complexity index is 634. The molecule has 0 aliphatic rings. The zero-order valence-corrected chi connectivity index (χ0v) is 11.3. The Kier molecular flexibility index (Phi) is 3.51. The maximum Gasteiger partial charge on any atom is 0.207 e. The maximum atomic E-state index is 12.3. The van der Waals surface area contributed by atoms with Crippen molar-refractivity contribution in [2.45, 2.75) is 19.6 Å². The summed E-state index contributed by atoms with van der Waals surface area (Å²) >= 11 is 8.32. The summed E-state index contributed by atoms with van der Waals surface area (Å²) < 4.78 is 24.6. The molecule has 0 amide bonds. The van der Waals surface area contributed by atoms with E-state index >= 15 is 0 Å². The Balaban J connectivity index is 2.61. The van der Waals surface area contributed by atoms with Gasteiger partial charge in [-0.25, -0.2) is 8.42 Å². The summed E-state index contributed by atoms with van der Waals surface area (Å²) in [6.45, 7) is 0. The van der Waals surface area contributed by atoms with Gasteiger partial charge < -0.3 is 0 Å². The number of hydrogen-bond acceptors (Lipinski definition) is 4. The van der Waals surface area contributed by atoms with Gasteiger partial charge in [0.2, 0.25) is 9.84 Å². The van der Waals surface area contributed by atoms with Crippen molar-refractivity contribution >= 4 is 35.1 Å². The second-order valence-electron chi connectivity index (χ2n) is 3.47. The van der Waals surface area contributed by atoms with Crippen LogP contribution in [-0.2, 0) is 9.84 Å². The average Bonchev–Trinajstić information content (AvgIpc) is 2.29. The molecule has 0 aromatic heterocycles. The first kappa shape index (κ1) is 12.5. The van der Waals surface area contributed by atoms with Crippen LogP contribution in [0.4, 0.5) is 0 Å². The Morgan fingerprint density at radius 3 is 2.12 bits per heavy atom. The lowest BCUT2D eigenvalue weighted by Crippen LogP contribution is -2.02. The quantitative estimate of drug-likeness (QED) is 0.830. The lowest BCUT2D eigenvalue weighted by Gasteiger charge is -2.07. The fourth-order valence-corrected chi connectivity index (χ4v) is 3.69. The molecule has 0 spiro atoms. The first-order valence-corrected chi connectivity index (χ1v) is 7.22. The summed E-state index contributed by atoms with van der Waals surface area (Å²) in [4.78, 5) is 1.55. The third-order valence-corrected chi connectivity index (χ3v) is 4.91. The molecule has 2 aromatic carbocycles. The Morgan fingerprint density at radius 1 is 0.882 bits per heavy atom. The molecule has 0 fully saturated rings. The van der Waals surface area contributed by atoms with E-state index in [4.69, 9.17) is 0 Å². The average molecular weight is 282 g/mol. The summed E-state index contributed by atoms with van der Waals surface area (Å²) in [7, 11) is -3.50. The van der Waals surface area contributed by atoms with Gasteiger partial charge in [0.25, 0.3) is 0 Å². The van der Waals surface area contributed by atoms with Crippen molar-refractivity contribution in [3.05, 3.63) is 48.5 Å². The lowest BCUT2D eigenvalue weighted by molar-refractivity contribution is 0.594. The van der Waals surface area contributed by atoms with Gasteiger partial charge in [-0.1, -0.05) is 18.2 Å². The van der Waals surface area contributed by atoms with Gasteiger partial charge in [-0.15, -0.1) is 25.3 Å². The van der Waals surface area contributed by atoms with Gasteiger partial charge in [0.15, 0.2) is 0 Å². The van der Waals surface area contributed by atoms with E-state index in [0.717, 1.165) is 0 Å². The van der Waals surface area contributed by atoms with Crippen molar-refractivity contribution in [3.8, 4) is 0 Å². The van der Waals surface area contributed by atoms with E-state index in [9.17, 15) is 8.42 Å². The van der Waals surface area contributed by atoms with Crippen LogP contribution in [0.2, 0.25) is 0 Å². The highest BCUT2D eigenvalue weighted by Crippen LogP contribution is 2.27. The van der Waals surface area contributed by atoms with E-state index in [1.165, 1.54) is 6.07 Å². The lowest BCUT2D eigenvalue weighted by atomic mass is 10.4. The Hall–Kier alpha value is -0.910. The molecule has 0 aliphatic carbocycles. The molecule has 0 atom stereocenters. The number of sulfone groups is 1. The predicted octanol–water partition coefficient (Wildman–Crippen LogP) is 3.10. The topological polar surface area (TPSA) is 34.1 Å². The summed E-state index contributed by atoms with van der Waals surface area (Å²) in [6, 6.07) is 13.1. The first-order valence-electron chi connectivity index (χ1n) is 4.84. The highest BCUT2D eigenvalue weighted by atomic mass is 32.2. The van der Waals surface area contributed by atoms with Crippen LogP contribution in [-0.4, -0.2) is 8.42 Å². The number of hydrogen-bond donors (Lipinski definition) is 2. The standard InChI is InChI=1S/C12H10O2S3/c13-17(14,10-4-2-1-3-5-10)12-7-6-9(15)8-11(12)16/h1-8,15-16H. The van der Waals surface area contributed by atoms with E-state index < -0.39 is 9.84 Å². The van der Waals surface area contributed by atoms with Crippen molar-refractivity contribution in [3.63, 3.8) is 0 Å². The van der Waals surface area contributed by atoms with Gasteiger partial charge in [-0.2, -0.15) is 0 Å². The molecule has 0 bridgehead atoms. The molecule has 0 N–H and O–H groups in total. The van der Waals surface area contributed by atoms with Crippen LogP contribution in [0.25, 0.3) is 0 Å². The molecule has 5 heteroatoms. The van der Waals surface area contributed by atoms with Crippen molar-refractivity contribution in [2.24, 2.45) is 0 Å². The fourth-order valence-electron chi connectivity index (χ4n) is 1.46. The molecule has 2 nitrogen and oxygen atoms in total. The molecular weight excluding hydrogens is 272 g/mol. The van der Waals surface area contributed by atoms with Crippen LogP contribution in [0.3, 0.4) is 0 Å². The van der Waals surface area contributed by atoms with Crippen LogP contribution in [0.5, 0.6) is 0 Å². The highest BCUT2D eigenvalue weighted by Gasteiger charge is 2.19. The minimum Gasteiger partial charge on any atom is -0.218 e. The molecule has 0 saturated heterocycles. The van der Waals surface area contributed by atoms with Crippen molar-refractivity contribution < 1.29 is 8.42 Å². The van der Waals surface area contributed by atoms with Crippen LogP contribution < -0.4 is 0 Å². The molecule has 17 heavy (non-hydrogen) atoms. The van der Waals surface area contributed by atoms with Gasteiger partial charge in [-0.3, -0.25) is 0 Å². The molecule has 2 rings (SSSR count). The Labute approximate surface area is 111 Å². The molecule has 0 heterocycles. The monoisotopic (exact) mass is 282 g/mol. The normalized spacial score (nSPS) is 11.4. The van der Waals surface area contributed by atoms with Crippen LogP contribution in [0.1, 0.15) is 0 Å².